The molecule has 0 saturated heterocycles. The van der Waals surface area contributed by atoms with Crippen LogP contribution in [0.25, 0.3) is 10.9 Å². The summed E-state index contributed by atoms with van der Waals surface area (Å²) in [4.78, 5) is 17.2. The van der Waals surface area contributed by atoms with Crippen molar-refractivity contribution in [3.8, 4) is 0 Å². The van der Waals surface area contributed by atoms with Crippen LogP contribution in [0, 0.1) is 0 Å². The predicted octanol–water partition coefficient (Wildman–Crippen LogP) is 2.52. The van der Waals surface area contributed by atoms with Gasteiger partial charge in [0, 0.05) is 12.5 Å². The van der Waals surface area contributed by atoms with Crippen LogP contribution in [-0.2, 0) is 6.42 Å². The molecular weight excluding hydrogens is 262 g/mol. The van der Waals surface area contributed by atoms with Crippen molar-refractivity contribution < 1.29 is 0 Å². The maximum absolute atomic E-state index is 12.6. The Morgan fingerprint density at radius 3 is 2.84 bits per heavy atom. The van der Waals surface area contributed by atoms with Crippen LogP contribution in [-0.4, -0.2) is 16.1 Å². The fourth-order valence-electron chi connectivity index (χ4n) is 2.32. The van der Waals surface area contributed by atoms with Gasteiger partial charge in [-0.2, -0.15) is 0 Å². The van der Waals surface area contributed by atoms with E-state index in [2.05, 4.69) is 4.98 Å². The Labute approximate surface area is 117 Å². The lowest BCUT2D eigenvalue weighted by Gasteiger charge is -2.19. The number of nitrogens with two attached hydrogens (primary N) is 1. The van der Waals surface area contributed by atoms with Crippen molar-refractivity contribution in [2.45, 2.75) is 32.7 Å². The lowest BCUT2D eigenvalue weighted by atomic mass is 10.2. The molecule has 0 aliphatic rings. The quantitative estimate of drug-likeness (QED) is 0.935. The Balaban J connectivity index is 2.78. The molecule has 0 radical (unpaired) electrons. The van der Waals surface area contributed by atoms with E-state index >= 15 is 0 Å². The summed E-state index contributed by atoms with van der Waals surface area (Å²) in [5, 5.41) is 0.941. The van der Waals surface area contributed by atoms with Gasteiger partial charge in [-0.15, -0.1) is 0 Å². The normalized spacial score (nSPS) is 12.8. The first-order valence-electron chi connectivity index (χ1n) is 6.49. The van der Waals surface area contributed by atoms with Crippen molar-refractivity contribution in [1.29, 1.82) is 0 Å². The number of rotatable bonds is 4. The van der Waals surface area contributed by atoms with Crippen LogP contribution < -0.4 is 11.3 Å². The smallest absolute Gasteiger partial charge is 0.263 e. The van der Waals surface area contributed by atoms with Crippen molar-refractivity contribution in [3.63, 3.8) is 0 Å². The molecule has 1 unspecified atom stereocenters. The molecule has 5 heteroatoms. The number of benzene rings is 1. The van der Waals surface area contributed by atoms with Crippen molar-refractivity contribution in [3.05, 3.63) is 39.4 Å². The Morgan fingerprint density at radius 1 is 1.47 bits per heavy atom. The number of halogens is 1. The summed E-state index contributed by atoms with van der Waals surface area (Å²) in [5.41, 5.74) is 6.17. The van der Waals surface area contributed by atoms with Crippen molar-refractivity contribution >= 4 is 22.5 Å². The molecule has 0 spiro atoms. The summed E-state index contributed by atoms with van der Waals surface area (Å²) >= 11 is 6.13. The molecule has 19 heavy (non-hydrogen) atoms. The van der Waals surface area contributed by atoms with E-state index in [-0.39, 0.29) is 11.6 Å². The topological polar surface area (TPSA) is 60.9 Å². The molecule has 4 nitrogen and oxygen atoms in total. The SMILES string of the molecule is CCc1nc2cccc(Cl)c2c(=O)n1C(C)CCN. The summed E-state index contributed by atoms with van der Waals surface area (Å²) in [7, 11) is 0. The van der Waals surface area contributed by atoms with Gasteiger partial charge in [0.2, 0.25) is 0 Å². The fraction of sp³-hybridized carbons (Fsp3) is 0.429. The van der Waals surface area contributed by atoms with Crippen LogP contribution in [0.2, 0.25) is 5.02 Å². The van der Waals surface area contributed by atoms with E-state index in [4.69, 9.17) is 17.3 Å². The standard InChI is InChI=1S/C14H18ClN3O/c1-3-12-17-11-6-4-5-10(15)13(11)14(19)18(12)9(2)7-8-16/h4-6,9H,3,7-8,16H2,1-2H3. The lowest BCUT2D eigenvalue weighted by Crippen LogP contribution is -2.29. The number of hydrogen-bond acceptors (Lipinski definition) is 3. The first-order chi connectivity index (χ1) is 9.10. The van der Waals surface area contributed by atoms with E-state index in [1.165, 1.54) is 0 Å². The molecule has 2 aromatic rings. The third-order valence-electron chi connectivity index (χ3n) is 3.29. The summed E-state index contributed by atoms with van der Waals surface area (Å²) in [6, 6.07) is 5.38. The molecule has 0 fully saturated rings. The Bertz CT molecular complexity index is 651. The zero-order valence-corrected chi connectivity index (χ0v) is 11.9. The Kier molecular flexibility index (Phi) is 4.22. The van der Waals surface area contributed by atoms with E-state index in [0.29, 0.717) is 28.9 Å². The highest BCUT2D eigenvalue weighted by Gasteiger charge is 2.16. The van der Waals surface area contributed by atoms with Crippen LogP contribution in [0.4, 0.5) is 0 Å². The first-order valence-corrected chi connectivity index (χ1v) is 6.87. The minimum Gasteiger partial charge on any atom is -0.330 e. The molecule has 0 aliphatic heterocycles. The van der Waals surface area contributed by atoms with E-state index in [9.17, 15) is 4.79 Å². The van der Waals surface area contributed by atoms with Gasteiger partial charge in [-0.05, 0) is 32.0 Å². The summed E-state index contributed by atoms with van der Waals surface area (Å²) in [6.45, 7) is 4.51. The zero-order chi connectivity index (χ0) is 14.0. The number of aryl methyl sites for hydroxylation is 1. The molecule has 0 saturated carbocycles. The van der Waals surface area contributed by atoms with Gasteiger partial charge >= 0.3 is 0 Å². The van der Waals surface area contributed by atoms with Crippen LogP contribution in [0.3, 0.4) is 0 Å². The molecule has 1 aromatic heterocycles. The van der Waals surface area contributed by atoms with Gasteiger partial charge in [0.05, 0.1) is 15.9 Å². The molecule has 2 N–H and O–H groups in total. The molecule has 1 aromatic carbocycles. The van der Waals surface area contributed by atoms with Gasteiger partial charge in [-0.1, -0.05) is 24.6 Å². The predicted molar refractivity (Wildman–Crippen MR) is 78.8 cm³/mol. The lowest BCUT2D eigenvalue weighted by molar-refractivity contribution is 0.476. The Morgan fingerprint density at radius 2 is 2.21 bits per heavy atom. The number of nitrogens with zero attached hydrogens (tertiary/aromatic N) is 2. The molecule has 2 rings (SSSR count). The van der Waals surface area contributed by atoms with Gasteiger partial charge in [0.1, 0.15) is 5.82 Å². The highest BCUT2D eigenvalue weighted by Crippen LogP contribution is 2.20. The van der Waals surface area contributed by atoms with Crippen LogP contribution in [0.1, 0.15) is 32.1 Å². The molecule has 0 bridgehead atoms. The summed E-state index contributed by atoms with van der Waals surface area (Å²) in [5.74, 6) is 0.778. The fourth-order valence-corrected chi connectivity index (χ4v) is 2.57. The van der Waals surface area contributed by atoms with E-state index < -0.39 is 0 Å². The van der Waals surface area contributed by atoms with Gasteiger partial charge in [-0.3, -0.25) is 9.36 Å². The van der Waals surface area contributed by atoms with E-state index in [0.717, 1.165) is 12.2 Å². The maximum atomic E-state index is 12.6. The van der Waals surface area contributed by atoms with E-state index in [1.54, 1.807) is 10.6 Å². The first kappa shape index (κ1) is 14.0. The second kappa shape index (κ2) is 5.72. The van der Waals surface area contributed by atoms with Crippen LogP contribution >= 0.6 is 11.6 Å². The zero-order valence-electron chi connectivity index (χ0n) is 11.2. The number of aromatic nitrogens is 2. The highest BCUT2D eigenvalue weighted by atomic mass is 35.5. The van der Waals surface area contributed by atoms with Gasteiger partial charge in [0.15, 0.2) is 0 Å². The van der Waals surface area contributed by atoms with Crippen molar-refractivity contribution in [2.75, 3.05) is 6.54 Å². The molecular formula is C14H18ClN3O. The third-order valence-corrected chi connectivity index (χ3v) is 3.61. The minimum absolute atomic E-state index is 0.0284. The number of hydrogen-bond donors (Lipinski definition) is 1. The van der Waals surface area contributed by atoms with Gasteiger partial charge in [-0.25, -0.2) is 4.98 Å². The summed E-state index contributed by atoms with van der Waals surface area (Å²) in [6.07, 6.45) is 1.44. The number of fused-ring (bicyclic) bond motifs is 1. The van der Waals surface area contributed by atoms with Crippen molar-refractivity contribution in [2.24, 2.45) is 5.73 Å². The molecule has 1 heterocycles. The maximum Gasteiger partial charge on any atom is 0.263 e. The molecule has 1 atom stereocenters. The second-order valence-corrected chi connectivity index (χ2v) is 5.02. The van der Waals surface area contributed by atoms with Gasteiger partial charge in [0.25, 0.3) is 5.56 Å². The average molecular weight is 280 g/mol. The van der Waals surface area contributed by atoms with E-state index in [1.807, 2.05) is 26.0 Å². The Hall–Kier alpha value is -1.39. The second-order valence-electron chi connectivity index (χ2n) is 4.62. The largest absolute Gasteiger partial charge is 0.330 e. The molecule has 0 amide bonds. The van der Waals surface area contributed by atoms with Gasteiger partial charge < -0.3 is 5.73 Å². The van der Waals surface area contributed by atoms with Crippen LogP contribution in [0.5, 0.6) is 0 Å². The summed E-state index contributed by atoms with van der Waals surface area (Å²) < 4.78 is 1.72. The molecule has 102 valence electrons. The average Bonchev–Trinajstić information content (AvgIpc) is 2.38. The molecule has 0 aliphatic carbocycles. The van der Waals surface area contributed by atoms with Crippen molar-refractivity contribution in [1.82, 2.24) is 9.55 Å². The third kappa shape index (κ3) is 2.51. The monoisotopic (exact) mass is 279 g/mol. The highest BCUT2D eigenvalue weighted by molar-refractivity contribution is 6.35. The van der Waals surface area contributed by atoms with Crippen LogP contribution in [0.15, 0.2) is 23.0 Å². The minimum atomic E-state index is -0.0756.